The molecule has 0 rings (SSSR count). The molecule has 0 aliphatic heterocycles. The quantitative estimate of drug-likeness (QED) is 0.555. The van der Waals surface area contributed by atoms with Gasteiger partial charge in [0.05, 0.1) is 0 Å². The van der Waals surface area contributed by atoms with E-state index in [1.165, 1.54) is 0 Å². The average Bonchev–Trinajstić information content (AvgIpc) is 1.81. The summed E-state index contributed by atoms with van der Waals surface area (Å²) < 4.78 is 10.6. The number of hydrazine groups is 1. The Bertz CT molecular complexity index is 133. The van der Waals surface area contributed by atoms with Gasteiger partial charge in [0.1, 0.15) is 0 Å². The zero-order chi connectivity index (χ0) is 9.02. The highest BCUT2D eigenvalue weighted by molar-refractivity contribution is 7.72. The predicted molar refractivity (Wildman–Crippen MR) is 48.7 cm³/mol. The normalized spacial score (nSPS) is 13.3. The van der Waals surface area contributed by atoms with E-state index >= 15 is 0 Å². The summed E-state index contributed by atoms with van der Waals surface area (Å²) in [5.74, 6) is 0. The summed E-state index contributed by atoms with van der Waals surface area (Å²) in [6.07, 6.45) is 0. The minimum absolute atomic E-state index is 0.299. The molecule has 0 bridgehead atoms. The first-order chi connectivity index (χ1) is 4.95. The third-order valence-electron chi connectivity index (χ3n) is 1.31. The van der Waals surface area contributed by atoms with E-state index in [1.54, 1.807) is 0 Å². The van der Waals surface area contributed by atoms with Crippen LogP contribution >= 0.6 is 18.5 Å². The molecule has 1 atom stereocenters. The van der Waals surface area contributed by atoms with E-state index in [0.29, 0.717) is 12.1 Å². The van der Waals surface area contributed by atoms with Crippen LogP contribution < -0.4 is 5.20 Å². The van der Waals surface area contributed by atoms with Gasteiger partial charge in [0.2, 0.25) is 11.2 Å². The summed E-state index contributed by atoms with van der Waals surface area (Å²) in [6, 6.07) is 0.598. The SMILES string of the molecule is CC(C)N(N[P+](=O)Cl)C(C)C. The van der Waals surface area contributed by atoms with Crippen LogP contribution in [-0.2, 0) is 4.57 Å². The standard InChI is InChI=1S/C6H15ClN2OP/c1-5(2)9(6(3)4)8-11(7)10/h5-6H,1-4H3,(H,8,10)/q+1. The molecule has 0 heterocycles. The van der Waals surface area contributed by atoms with Crippen LogP contribution in [0, 0.1) is 0 Å². The molecule has 1 N–H and O–H groups in total. The Labute approximate surface area is 73.7 Å². The molecule has 0 amide bonds. The Balaban J connectivity index is 4.00. The molecule has 0 aromatic carbocycles. The fourth-order valence-corrected chi connectivity index (χ4v) is 1.82. The molecule has 0 saturated carbocycles. The van der Waals surface area contributed by atoms with Crippen LogP contribution in [-0.4, -0.2) is 17.1 Å². The van der Waals surface area contributed by atoms with Crippen molar-refractivity contribution < 1.29 is 4.57 Å². The summed E-state index contributed by atoms with van der Waals surface area (Å²) in [7, 11) is -1.81. The van der Waals surface area contributed by atoms with Crippen molar-refractivity contribution in [1.29, 1.82) is 0 Å². The Hall–Kier alpha value is 0.310. The van der Waals surface area contributed by atoms with Crippen LogP contribution in [0.5, 0.6) is 0 Å². The first-order valence-electron chi connectivity index (χ1n) is 3.62. The fourth-order valence-electron chi connectivity index (χ4n) is 0.918. The first kappa shape index (κ1) is 11.3. The van der Waals surface area contributed by atoms with Crippen molar-refractivity contribution in [3.63, 3.8) is 0 Å². The summed E-state index contributed by atoms with van der Waals surface area (Å²) in [5.41, 5.74) is 0. The largest absolute Gasteiger partial charge is 0.568 e. The second-order valence-corrected chi connectivity index (χ2v) is 4.55. The summed E-state index contributed by atoms with van der Waals surface area (Å²) >= 11 is 5.32. The van der Waals surface area contributed by atoms with Crippen LogP contribution in [0.25, 0.3) is 0 Å². The molecule has 0 aliphatic rings. The molecular formula is C6H15ClN2OP+. The van der Waals surface area contributed by atoms with Crippen molar-refractivity contribution >= 4 is 18.5 Å². The lowest BCUT2D eigenvalue weighted by atomic mass is 10.3. The van der Waals surface area contributed by atoms with Gasteiger partial charge in [-0.3, -0.25) is 0 Å². The van der Waals surface area contributed by atoms with Gasteiger partial charge < -0.3 is 0 Å². The van der Waals surface area contributed by atoms with Crippen molar-refractivity contribution in [2.45, 2.75) is 39.8 Å². The zero-order valence-electron chi connectivity index (χ0n) is 7.34. The monoisotopic (exact) mass is 197 g/mol. The second-order valence-electron chi connectivity index (χ2n) is 2.94. The van der Waals surface area contributed by atoms with E-state index in [2.05, 4.69) is 5.20 Å². The second kappa shape index (κ2) is 5.04. The van der Waals surface area contributed by atoms with Crippen molar-refractivity contribution in [3.05, 3.63) is 0 Å². The minimum atomic E-state index is -1.81. The predicted octanol–water partition coefficient (Wildman–Crippen LogP) is 2.51. The number of rotatable bonds is 4. The molecule has 1 unspecified atom stereocenters. The number of halogens is 1. The van der Waals surface area contributed by atoms with E-state index in [4.69, 9.17) is 11.2 Å². The Morgan fingerprint density at radius 2 is 1.64 bits per heavy atom. The van der Waals surface area contributed by atoms with Gasteiger partial charge in [-0.25, -0.2) is 0 Å². The molecule has 0 fully saturated rings. The maximum absolute atomic E-state index is 10.6. The summed E-state index contributed by atoms with van der Waals surface area (Å²) in [5, 5.41) is 4.55. The highest BCUT2D eigenvalue weighted by Crippen LogP contribution is 2.22. The van der Waals surface area contributed by atoms with E-state index in [1.807, 2.05) is 32.7 Å². The lowest BCUT2D eigenvalue weighted by molar-refractivity contribution is 0.148. The summed E-state index contributed by atoms with van der Waals surface area (Å²) in [4.78, 5) is 0. The fraction of sp³-hybridized carbons (Fsp3) is 1.00. The van der Waals surface area contributed by atoms with Gasteiger partial charge in [0.25, 0.3) is 0 Å². The highest BCUT2D eigenvalue weighted by Gasteiger charge is 2.22. The molecule has 0 radical (unpaired) electrons. The average molecular weight is 198 g/mol. The van der Waals surface area contributed by atoms with E-state index < -0.39 is 7.30 Å². The van der Waals surface area contributed by atoms with Gasteiger partial charge in [-0.15, -0.1) is 0 Å². The number of hydrogen-bond acceptors (Lipinski definition) is 2. The van der Waals surface area contributed by atoms with Gasteiger partial charge in [-0.1, -0.05) is 0 Å². The highest BCUT2D eigenvalue weighted by atomic mass is 35.7. The van der Waals surface area contributed by atoms with Crippen molar-refractivity contribution in [2.75, 3.05) is 0 Å². The van der Waals surface area contributed by atoms with Gasteiger partial charge in [-0.2, -0.15) is 5.01 Å². The Morgan fingerprint density at radius 1 is 1.27 bits per heavy atom. The molecule has 0 saturated heterocycles. The molecule has 0 aromatic rings. The van der Waals surface area contributed by atoms with Gasteiger partial charge >= 0.3 is 7.30 Å². The van der Waals surface area contributed by atoms with Crippen LogP contribution in [0.2, 0.25) is 0 Å². The van der Waals surface area contributed by atoms with Gasteiger partial charge in [-0.05, 0) is 37.5 Å². The first-order valence-corrected chi connectivity index (χ1v) is 5.79. The Morgan fingerprint density at radius 3 is 1.73 bits per heavy atom. The lowest BCUT2D eigenvalue weighted by Gasteiger charge is -2.24. The van der Waals surface area contributed by atoms with E-state index in [9.17, 15) is 4.57 Å². The van der Waals surface area contributed by atoms with Crippen LogP contribution in [0.15, 0.2) is 0 Å². The third kappa shape index (κ3) is 4.70. The van der Waals surface area contributed by atoms with Crippen LogP contribution in [0.1, 0.15) is 27.7 Å². The maximum atomic E-state index is 10.6. The zero-order valence-corrected chi connectivity index (χ0v) is 8.99. The van der Waals surface area contributed by atoms with Gasteiger partial charge in [0, 0.05) is 12.1 Å². The summed E-state index contributed by atoms with van der Waals surface area (Å²) in [6.45, 7) is 8.07. The van der Waals surface area contributed by atoms with Crippen molar-refractivity contribution in [2.24, 2.45) is 0 Å². The molecule has 0 aromatic heterocycles. The van der Waals surface area contributed by atoms with E-state index in [-0.39, 0.29) is 0 Å². The molecular weight excluding hydrogens is 183 g/mol. The lowest BCUT2D eigenvalue weighted by Crippen LogP contribution is -2.43. The minimum Gasteiger partial charge on any atom is -0.198 e. The van der Waals surface area contributed by atoms with Crippen LogP contribution in [0.3, 0.4) is 0 Å². The topological polar surface area (TPSA) is 32.3 Å². The molecule has 11 heavy (non-hydrogen) atoms. The van der Waals surface area contributed by atoms with Crippen molar-refractivity contribution in [3.8, 4) is 0 Å². The molecule has 3 nitrogen and oxygen atoms in total. The van der Waals surface area contributed by atoms with E-state index in [0.717, 1.165) is 0 Å². The molecule has 66 valence electrons. The number of nitrogens with one attached hydrogen (secondary N) is 1. The smallest absolute Gasteiger partial charge is 0.198 e. The molecule has 0 aliphatic carbocycles. The number of nitrogens with zero attached hydrogens (tertiary/aromatic N) is 1. The van der Waals surface area contributed by atoms with Crippen LogP contribution in [0.4, 0.5) is 0 Å². The Kier molecular flexibility index (Phi) is 5.19. The molecule has 0 spiro atoms. The third-order valence-corrected chi connectivity index (χ3v) is 1.92. The van der Waals surface area contributed by atoms with Gasteiger partial charge in [0.15, 0.2) is 0 Å². The maximum Gasteiger partial charge on any atom is 0.568 e. The van der Waals surface area contributed by atoms with Crippen molar-refractivity contribution in [1.82, 2.24) is 10.2 Å². The molecule has 5 heteroatoms. The number of hydrogen-bond donors (Lipinski definition) is 1.